The molecule has 1 fully saturated rings. The van der Waals surface area contributed by atoms with E-state index in [1.165, 1.54) is 31.3 Å². The highest BCUT2D eigenvalue weighted by atomic mass is 32.2. The number of halogens is 2. The number of sulfonamides is 1. The van der Waals surface area contributed by atoms with Gasteiger partial charge in [-0.15, -0.1) is 0 Å². The summed E-state index contributed by atoms with van der Waals surface area (Å²) < 4.78 is 62.1. The van der Waals surface area contributed by atoms with Gasteiger partial charge in [-0.25, -0.2) is 31.5 Å². The number of aromatic nitrogens is 4. The number of hydrogen-bond donors (Lipinski definition) is 0. The van der Waals surface area contributed by atoms with E-state index in [1.807, 2.05) is 32.0 Å². The van der Waals surface area contributed by atoms with Gasteiger partial charge in [-0.05, 0) is 56.5 Å². The third kappa shape index (κ3) is 4.59. The quantitative estimate of drug-likeness (QED) is 0.247. The number of piperidine rings is 1. The van der Waals surface area contributed by atoms with E-state index < -0.39 is 27.7 Å². The number of aryl methyl sites for hydroxylation is 2. The molecular weight excluding hydrogens is 586 g/mol. The van der Waals surface area contributed by atoms with Gasteiger partial charge in [0.05, 0.1) is 29.0 Å². The smallest absolute Gasteiger partial charge is 0.253 e. The zero-order chi connectivity index (χ0) is 29.9. The molecule has 2 aromatic carbocycles. The average molecular weight is 613 g/mol. The van der Waals surface area contributed by atoms with Crippen LogP contribution in [0.2, 0.25) is 0 Å². The van der Waals surface area contributed by atoms with E-state index in [1.54, 1.807) is 4.57 Å². The molecule has 5 aromatic rings. The van der Waals surface area contributed by atoms with Crippen LogP contribution in [0.15, 0.2) is 51.3 Å². The molecule has 3 aromatic heterocycles. The molecule has 0 spiro atoms. The van der Waals surface area contributed by atoms with Crippen LogP contribution >= 0.6 is 11.3 Å². The minimum atomic E-state index is -3.76. The first-order valence-corrected chi connectivity index (χ1v) is 15.3. The first-order valence-electron chi connectivity index (χ1n) is 13.1. The summed E-state index contributed by atoms with van der Waals surface area (Å²) in [6.07, 6.45) is 2.56. The topological polar surface area (TPSA) is 114 Å². The second-order valence-corrected chi connectivity index (χ2v) is 13.6. The molecule has 42 heavy (non-hydrogen) atoms. The second kappa shape index (κ2) is 10.4. The van der Waals surface area contributed by atoms with Crippen molar-refractivity contribution in [2.24, 2.45) is 0 Å². The molecule has 0 bridgehead atoms. The minimum Gasteiger partial charge on any atom is -0.361 e. The summed E-state index contributed by atoms with van der Waals surface area (Å²) in [5, 5.41) is 4.38. The monoisotopic (exact) mass is 612 g/mol. The number of rotatable bonds is 6. The minimum absolute atomic E-state index is 0.0415. The highest BCUT2D eigenvalue weighted by molar-refractivity contribution is 7.91. The Bertz CT molecular complexity index is 1940. The number of benzene rings is 2. The van der Waals surface area contributed by atoms with Gasteiger partial charge in [-0.1, -0.05) is 22.6 Å². The van der Waals surface area contributed by atoms with Gasteiger partial charge in [-0.3, -0.25) is 9.36 Å². The van der Waals surface area contributed by atoms with Crippen LogP contribution in [0.1, 0.15) is 42.6 Å². The highest BCUT2D eigenvalue weighted by Gasteiger charge is 2.36. The lowest BCUT2D eigenvalue weighted by molar-refractivity contribution is -0.120. The van der Waals surface area contributed by atoms with Gasteiger partial charge in [0.2, 0.25) is 5.91 Å². The SMILES string of the molecule is Cc1noc(C)c1-c1ccc2c(c1)nc([C@H]1CCCC(=O)N1c1ccc(F)c(F)c1)n2-c1ncc(S(=O)(=O)N(C)C)s1. The standard InChI is InChI=1S/C28H26F2N6O4S2/c1-15-26(16(2)40-33-15)17-8-11-22-21(12-17)32-27(36(22)28-31-14-25(41-28)42(38,39)34(3)4)23-6-5-7-24(37)35(23)18-9-10-19(29)20(30)13-18/h8-14,23H,5-7H2,1-4H3/t23-/m1/s1. The van der Waals surface area contributed by atoms with Gasteiger partial charge in [0.1, 0.15) is 11.6 Å². The van der Waals surface area contributed by atoms with Crippen LogP contribution in [0.25, 0.3) is 27.3 Å². The van der Waals surface area contributed by atoms with Crippen LogP contribution in [0.5, 0.6) is 0 Å². The number of fused-ring (bicyclic) bond motifs is 1. The zero-order valence-electron chi connectivity index (χ0n) is 23.1. The summed E-state index contributed by atoms with van der Waals surface area (Å²) >= 11 is 0.972. The Hall–Kier alpha value is -4.01. The largest absolute Gasteiger partial charge is 0.361 e. The third-order valence-electron chi connectivity index (χ3n) is 7.33. The molecule has 0 saturated carbocycles. The molecule has 4 heterocycles. The van der Waals surface area contributed by atoms with Crippen molar-refractivity contribution in [3.63, 3.8) is 0 Å². The van der Waals surface area contributed by atoms with Gasteiger partial charge >= 0.3 is 0 Å². The molecule has 1 aliphatic heterocycles. The van der Waals surface area contributed by atoms with E-state index in [9.17, 15) is 22.0 Å². The van der Waals surface area contributed by atoms with E-state index in [0.717, 1.165) is 38.9 Å². The van der Waals surface area contributed by atoms with Crippen LogP contribution in [0.4, 0.5) is 14.5 Å². The molecule has 1 saturated heterocycles. The van der Waals surface area contributed by atoms with Crippen LogP contribution in [-0.4, -0.2) is 52.4 Å². The van der Waals surface area contributed by atoms with Gasteiger partial charge in [0.15, 0.2) is 21.0 Å². The third-order valence-corrected chi connectivity index (χ3v) is 10.6. The molecule has 0 radical (unpaired) electrons. The number of amides is 1. The molecule has 218 valence electrons. The predicted molar refractivity (Wildman–Crippen MR) is 153 cm³/mol. The lowest BCUT2D eigenvalue weighted by Crippen LogP contribution is -2.39. The number of anilines is 1. The Morgan fingerprint density at radius 2 is 1.88 bits per heavy atom. The Morgan fingerprint density at radius 3 is 2.57 bits per heavy atom. The van der Waals surface area contributed by atoms with Crippen LogP contribution in [0.3, 0.4) is 0 Å². The first kappa shape index (κ1) is 28.1. The molecule has 6 rings (SSSR count). The van der Waals surface area contributed by atoms with Gasteiger partial charge < -0.3 is 9.42 Å². The van der Waals surface area contributed by atoms with Crippen LogP contribution in [-0.2, 0) is 14.8 Å². The Kier molecular flexibility index (Phi) is 6.94. The Balaban J connectivity index is 1.58. The van der Waals surface area contributed by atoms with Gasteiger partial charge in [0, 0.05) is 37.8 Å². The van der Waals surface area contributed by atoms with E-state index in [0.29, 0.717) is 46.3 Å². The maximum absolute atomic E-state index is 14.3. The summed E-state index contributed by atoms with van der Waals surface area (Å²) in [5.74, 6) is -1.28. The average Bonchev–Trinajstić information content (AvgIpc) is 3.66. The lowest BCUT2D eigenvalue weighted by Gasteiger charge is -2.35. The number of imidazole rings is 1. The van der Waals surface area contributed by atoms with Crippen molar-refractivity contribution >= 4 is 44.0 Å². The summed E-state index contributed by atoms with van der Waals surface area (Å²) in [4.78, 5) is 24.1. The van der Waals surface area contributed by atoms with Crippen molar-refractivity contribution in [2.45, 2.75) is 43.4 Å². The van der Waals surface area contributed by atoms with Gasteiger partial charge in [-0.2, -0.15) is 0 Å². The number of nitrogens with zero attached hydrogens (tertiary/aromatic N) is 6. The normalized spacial score (nSPS) is 16.2. The van der Waals surface area contributed by atoms with Crippen LogP contribution < -0.4 is 4.90 Å². The van der Waals surface area contributed by atoms with Crippen molar-refractivity contribution in [2.75, 3.05) is 19.0 Å². The maximum atomic E-state index is 14.3. The summed E-state index contributed by atoms with van der Waals surface area (Å²) in [6, 6.07) is 8.30. The summed E-state index contributed by atoms with van der Waals surface area (Å²) in [6.45, 7) is 3.66. The molecule has 1 amide bonds. The van der Waals surface area contributed by atoms with Crippen molar-refractivity contribution in [3.05, 3.63) is 71.5 Å². The molecule has 0 unspecified atom stereocenters. The van der Waals surface area contributed by atoms with E-state index in [-0.39, 0.29) is 22.2 Å². The van der Waals surface area contributed by atoms with Crippen molar-refractivity contribution in [3.8, 4) is 16.3 Å². The lowest BCUT2D eigenvalue weighted by atomic mass is 9.99. The molecule has 0 aliphatic carbocycles. The zero-order valence-corrected chi connectivity index (χ0v) is 24.8. The molecule has 0 N–H and O–H groups in total. The molecular formula is C28H26F2N6O4S2. The maximum Gasteiger partial charge on any atom is 0.253 e. The Labute approximate surface area is 244 Å². The van der Waals surface area contributed by atoms with Crippen LogP contribution in [0, 0.1) is 25.5 Å². The summed E-state index contributed by atoms with van der Waals surface area (Å²) in [7, 11) is -0.877. The number of hydrogen-bond acceptors (Lipinski definition) is 8. The molecule has 1 atom stereocenters. The van der Waals surface area contributed by atoms with E-state index >= 15 is 0 Å². The van der Waals surface area contributed by atoms with E-state index in [2.05, 4.69) is 10.1 Å². The summed E-state index contributed by atoms with van der Waals surface area (Å²) in [5.41, 5.74) is 3.77. The number of thiazole rings is 1. The molecule has 10 nitrogen and oxygen atoms in total. The fourth-order valence-corrected chi connectivity index (χ4v) is 7.61. The fourth-order valence-electron chi connectivity index (χ4n) is 5.30. The molecule has 14 heteroatoms. The van der Waals surface area contributed by atoms with Gasteiger partial charge in [0.25, 0.3) is 10.0 Å². The van der Waals surface area contributed by atoms with E-state index in [4.69, 9.17) is 9.51 Å². The first-order chi connectivity index (χ1) is 20.0. The van der Waals surface area contributed by atoms with Crippen molar-refractivity contribution < 1.29 is 26.5 Å². The van der Waals surface area contributed by atoms with Crippen molar-refractivity contribution in [1.82, 2.24) is 24.0 Å². The number of carbonyl (C=O) groups excluding carboxylic acids is 1. The predicted octanol–water partition coefficient (Wildman–Crippen LogP) is 5.54. The van der Waals surface area contributed by atoms with Crippen molar-refractivity contribution in [1.29, 1.82) is 0 Å². The highest BCUT2D eigenvalue weighted by Crippen LogP contribution is 2.40. The number of carbonyl (C=O) groups is 1. The second-order valence-electron chi connectivity index (χ2n) is 10.2. The Morgan fingerprint density at radius 1 is 1.10 bits per heavy atom. The fraction of sp³-hybridized carbons (Fsp3) is 0.286. The molecule has 1 aliphatic rings.